The maximum Gasteiger partial charge on any atom is 0.134 e. The van der Waals surface area contributed by atoms with Crippen molar-refractivity contribution in [3.63, 3.8) is 0 Å². The normalized spacial score (nSPS) is 32.6. The topological polar surface area (TPSA) is 49.3 Å². The number of Topliss-reactive ketones (excluding diaryl/α,β-unsaturated/α-hetero) is 1. The second kappa shape index (κ2) is 3.12. The van der Waals surface area contributed by atoms with Crippen molar-refractivity contribution in [1.82, 2.24) is 5.32 Å². The SMILES string of the molecule is CC(=O)[C@@H]1CN[C@@H](CO)C1. The molecule has 0 spiro atoms. The summed E-state index contributed by atoms with van der Waals surface area (Å²) in [6, 6.07) is 0.147. The molecule has 58 valence electrons. The lowest BCUT2D eigenvalue weighted by Crippen LogP contribution is -2.24. The molecule has 0 bridgehead atoms. The van der Waals surface area contributed by atoms with E-state index in [4.69, 9.17) is 5.11 Å². The minimum Gasteiger partial charge on any atom is -0.395 e. The first-order valence-electron chi connectivity index (χ1n) is 3.58. The Hall–Kier alpha value is -0.410. The molecule has 10 heavy (non-hydrogen) atoms. The Morgan fingerprint density at radius 3 is 2.80 bits per heavy atom. The van der Waals surface area contributed by atoms with E-state index >= 15 is 0 Å². The van der Waals surface area contributed by atoms with Crippen molar-refractivity contribution in [2.75, 3.05) is 13.2 Å². The van der Waals surface area contributed by atoms with Crippen LogP contribution < -0.4 is 5.32 Å². The lowest BCUT2D eigenvalue weighted by Gasteiger charge is -2.03. The zero-order chi connectivity index (χ0) is 7.56. The van der Waals surface area contributed by atoms with Crippen molar-refractivity contribution in [2.45, 2.75) is 19.4 Å². The molecule has 0 radical (unpaired) electrons. The highest BCUT2D eigenvalue weighted by atomic mass is 16.3. The first kappa shape index (κ1) is 7.69. The number of aliphatic hydroxyl groups is 1. The first-order valence-corrected chi connectivity index (χ1v) is 3.58. The van der Waals surface area contributed by atoms with Gasteiger partial charge in [-0.05, 0) is 13.3 Å². The molecule has 1 aliphatic rings. The second-order valence-corrected chi connectivity index (χ2v) is 2.83. The van der Waals surface area contributed by atoms with E-state index in [-0.39, 0.29) is 24.3 Å². The van der Waals surface area contributed by atoms with Gasteiger partial charge < -0.3 is 10.4 Å². The highest BCUT2D eigenvalue weighted by Crippen LogP contribution is 2.13. The fraction of sp³-hybridized carbons (Fsp3) is 0.857. The molecule has 0 aromatic rings. The Bertz CT molecular complexity index is 136. The summed E-state index contributed by atoms with van der Waals surface area (Å²) in [4.78, 5) is 10.8. The van der Waals surface area contributed by atoms with Gasteiger partial charge in [-0.1, -0.05) is 0 Å². The minimum absolute atomic E-state index is 0.136. The van der Waals surface area contributed by atoms with Gasteiger partial charge in [0.05, 0.1) is 6.61 Å². The zero-order valence-electron chi connectivity index (χ0n) is 6.13. The van der Waals surface area contributed by atoms with Crippen molar-refractivity contribution < 1.29 is 9.90 Å². The fourth-order valence-electron chi connectivity index (χ4n) is 1.27. The molecule has 1 rings (SSSR count). The number of hydrogen-bond acceptors (Lipinski definition) is 3. The summed E-state index contributed by atoms with van der Waals surface area (Å²) < 4.78 is 0. The number of carbonyl (C=O) groups excluding carboxylic acids is 1. The fourth-order valence-corrected chi connectivity index (χ4v) is 1.27. The second-order valence-electron chi connectivity index (χ2n) is 2.83. The van der Waals surface area contributed by atoms with Gasteiger partial charge >= 0.3 is 0 Å². The maximum absolute atomic E-state index is 10.8. The lowest BCUT2D eigenvalue weighted by molar-refractivity contribution is -0.120. The van der Waals surface area contributed by atoms with Crippen LogP contribution in [0, 0.1) is 5.92 Å². The first-order chi connectivity index (χ1) is 4.74. The summed E-state index contributed by atoms with van der Waals surface area (Å²) in [5.74, 6) is 0.362. The third-order valence-electron chi connectivity index (χ3n) is 2.02. The summed E-state index contributed by atoms with van der Waals surface area (Å²) in [6.07, 6.45) is 0.797. The summed E-state index contributed by atoms with van der Waals surface area (Å²) in [7, 11) is 0. The molecule has 0 aromatic carbocycles. The molecule has 3 heteroatoms. The maximum atomic E-state index is 10.8. The van der Waals surface area contributed by atoms with E-state index < -0.39 is 0 Å². The molecule has 0 aliphatic carbocycles. The molecule has 1 fully saturated rings. The van der Waals surface area contributed by atoms with E-state index in [1.807, 2.05) is 0 Å². The average molecular weight is 143 g/mol. The van der Waals surface area contributed by atoms with Gasteiger partial charge in [-0.25, -0.2) is 0 Å². The number of rotatable bonds is 2. The number of nitrogens with one attached hydrogen (secondary N) is 1. The molecule has 0 unspecified atom stereocenters. The molecular weight excluding hydrogens is 130 g/mol. The average Bonchev–Trinajstić information content (AvgIpc) is 2.34. The monoisotopic (exact) mass is 143 g/mol. The van der Waals surface area contributed by atoms with Crippen molar-refractivity contribution in [2.24, 2.45) is 5.92 Å². The Labute approximate surface area is 60.4 Å². The van der Waals surface area contributed by atoms with E-state index in [1.54, 1.807) is 6.92 Å². The molecular formula is C7H13NO2. The molecule has 1 heterocycles. The van der Waals surface area contributed by atoms with Gasteiger partial charge in [-0.2, -0.15) is 0 Å². The van der Waals surface area contributed by atoms with E-state index in [2.05, 4.69) is 5.32 Å². The molecule has 0 aromatic heterocycles. The molecule has 1 aliphatic heterocycles. The van der Waals surface area contributed by atoms with Crippen molar-refractivity contribution in [1.29, 1.82) is 0 Å². The quantitative estimate of drug-likeness (QED) is 0.550. The number of aliphatic hydroxyl groups excluding tert-OH is 1. The third kappa shape index (κ3) is 1.55. The highest BCUT2D eigenvalue weighted by Gasteiger charge is 2.25. The largest absolute Gasteiger partial charge is 0.395 e. The van der Waals surface area contributed by atoms with Crippen LogP contribution >= 0.6 is 0 Å². The minimum atomic E-state index is 0.136. The van der Waals surface area contributed by atoms with Crippen LogP contribution in [-0.4, -0.2) is 30.1 Å². The molecule has 0 amide bonds. The number of carbonyl (C=O) groups is 1. The third-order valence-corrected chi connectivity index (χ3v) is 2.02. The molecule has 2 atom stereocenters. The molecule has 3 nitrogen and oxygen atoms in total. The van der Waals surface area contributed by atoms with Crippen molar-refractivity contribution in [3.8, 4) is 0 Å². The highest BCUT2D eigenvalue weighted by molar-refractivity contribution is 5.78. The number of ketones is 1. The Balaban J connectivity index is 2.35. The Morgan fingerprint density at radius 2 is 2.50 bits per heavy atom. The predicted octanol–water partition coefficient (Wildman–Crippen LogP) is -0.454. The predicted molar refractivity (Wildman–Crippen MR) is 37.7 cm³/mol. The van der Waals surface area contributed by atoms with Crippen LogP contribution in [-0.2, 0) is 4.79 Å². The summed E-state index contributed by atoms with van der Waals surface area (Å²) in [6.45, 7) is 2.48. The van der Waals surface area contributed by atoms with E-state index in [9.17, 15) is 4.79 Å². The summed E-state index contributed by atoms with van der Waals surface area (Å²) in [5, 5.41) is 11.8. The van der Waals surface area contributed by atoms with Crippen LogP contribution in [0.25, 0.3) is 0 Å². The smallest absolute Gasteiger partial charge is 0.134 e. The van der Waals surface area contributed by atoms with Gasteiger partial charge in [0.25, 0.3) is 0 Å². The van der Waals surface area contributed by atoms with E-state index in [0.717, 1.165) is 13.0 Å². The lowest BCUT2D eigenvalue weighted by atomic mass is 10.0. The Kier molecular flexibility index (Phi) is 2.40. The Morgan fingerprint density at radius 1 is 1.80 bits per heavy atom. The van der Waals surface area contributed by atoms with Gasteiger partial charge in [-0.15, -0.1) is 0 Å². The molecule has 1 saturated heterocycles. The van der Waals surface area contributed by atoms with Gasteiger partial charge in [0.15, 0.2) is 0 Å². The van der Waals surface area contributed by atoms with Gasteiger partial charge in [0.1, 0.15) is 5.78 Å². The van der Waals surface area contributed by atoms with Crippen LogP contribution in [0.5, 0.6) is 0 Å². The van der Waals surface area contributed by atoms with E-state index in [1.165, 1.54) is 0 Å². The van der Waals surface area contributed by atoms with Gasteiger partial charge in [0, 0.05) is 18.5 Å². The summed E-state index contributed by atoms with van der Waals surface area (Å²) in [5.41, 5.74) is 0. The molecule has 2 N–H and O–H groups in total. The van der Waals surface area contributed by atoms with Gasteiger partial charge in [-0.3, -0.25) is 4.79 Å². The standard InChI is InChI=1S/C7H13NO2/c1-5(10)6-2-7(4-9)8-3-6/h6-9H,2-4H2,1H3/t6-,7+/m0/s1. The molecule has 0 saturated carbocycles. The van der Waals surface area contributed by atoms with Crippen LogP contribution in [0.1, 0.15) is 13.3 Å². The van der Waals surface area contributed by atoms with Crippen LogP contribution in [0.15, 0.2) is 0 Å². The summed E-state index contributed by atoms with van der Waals surface area (Å²) >= 11 is 0. The van der Waals surface area contributed by atoms with Crippen LogP contribution in [0.4, 0.5) is 0 Å². The van der Waals surface area contributed by atoms with Crippen molar-refractivity contribution >= 4 is 5.78 Å². The zero-order valence-corrected chi connectivity index (χ0v) is 6.13. The van der Waals surface area contributed by atoms with Crippen LogP contribution in [0.2, 0.25) is 0 Å². The van der Waals surface area contributed by atoms with E-state index in [0.29, 0.717) is 0 Å². The van der Waals surface area contributed by atoms with Crippen LogP contribution in [0.3, 0.4) is 0 Å². The van der Waals surface area contributed by atoms with Crippen molar-refractivity contribution in [3.05, 3.63) is 0 Å². The van der Waals surface area contributed by atoms with Gasteiger partial charge in [0.2, 0.25) is 0 Å². The number of hydrogen-bond donors (Lipinski definition) is 2.